The first-order valence-electron chi connectivity index (χ1n) is 10.9. The standard InChI is InChI=1S/C22H33N3O4/c1-4-29-22(28)18-14(2)19(23-15(18)3)21(27)25-12-8-9-16(13-25)20(26)24-17-10-6-5-7-11-17/h16-17,23H,4-13H2,1-3H3,(H,24,26)/t16-/m1/s1. The molecule has 0 spiro atoms. The number of nitrogens with zero attached hydrogens (tertiary/aromatic N) is 1. The lowest BCUT2D eigenvalue weighted by Crippen LogP contribution is -2.48. The normalized spacial score (nSPS) is 20.4. The van der Waals surface area contributed by atoms with Gasteiger partial charge in [-0.1, -0.05) is 19.3 Å². The fourth-order valence-corrected chi connectivity index (χ4v) is 4.57. The number of aryl methyl sites for hydroxylation is 1. The van der Waals surface area contributed by atoms with Crippen LogP contribution in [0.1, 0.15) is 84.0 Å². The van der Waals surface area contributed by atoms with Crippen LogP contribution in [-0.2, 0) is 9.53 Å². The number of rotatable bonds is 5. The third-order valence-corrected chi connectivity index (χ3v) is 6.16. The highest BCUT2D eigenvalue weighted by Gasteiger charge is 2.32. The number of ether oxygens (including phenoxy) is 1. The number of carbonyl (C=O) groups is 3. The minimum Gasteiger partial charge on any atom is -0.462 e. The SMILES string of the molecule is CCOC(=O)c1c(C)[nH]c(C(=O)N2CCC[C@@H](C(=O)NC3CCCCC3)C2)c1C. The summed E-state index contributed by atoms with van der Waals surface area (Å²) in [6, 6.07) is 0.280. The van der Waals surface area contributed by atoms with Gasteiger partial charge in [0, 0.05) is 24.8 Å². The highest BCUT2D eigenvalue weighted by Crippen LogP contribution is 2.24. The van der Waals surface area contributed by atoms with Crippen LogP contribution in [0.4, 0.5) is 0 Å². The van der Waals surface area contributed by atoms with Gasteiger partial charge in [-0.3, -0.25) is 9.59 Å². The summed E-state index contributed by atoms with van der Waals surface area (Å²) < 4.78 is 5.11. The van der Waals surface area contributed by atoms with E-state index in [9.17, 15) is 14.4 Å². The summed E-state index contributed by atoms with van der Waals surface area (Å²) in [6.07, 6.45) is 7.32. The lowest BCUT2D eigenvalue weighted by molar-refractivity contribution is -0.127. The summed E-state index contributed by atoms with van der Waals surface area (Å²) in [5.74, 6) is -0.672. The van der Waals surface area contributed by atoms with Crippen molar-refractivity contribution in [2.45, 2.75) is 71.8 Å². The van der Waals surface area contributed by atoms with Gasteiger partial charge in [-0.15, -0.1) is 0 Å². The monoisotopic (exact) mass is 403 g/mol. The molecule has 2 fully saturated rings. The van der Waals surface area contributed by atoms with E-state index in [0.717, 1.165) is 25.7 Å². The van der Waals surface area contributed by atoms with Gasteiger partial charge in [0.1, 0.15) is 5.69 Å². The van der Waals surface area contributed by atoms with Crippen molar-refractivity contribution in [3.8, 4) is 0 Å². The maximum Gasteiger partial charge on any atom is 0.340 e. The van der Waals surface area contributed by atoms with Gasteiger partial charge in [0.2, 0.25) is 5.91 Å². The van der Waals surface area contributed by atoms with Gasteiger partial charge >= 0.3 is 5.97 Å². The number of aromatic amines is 1. The van der Waals surface area contributed by atoms with Crippen LogP contribution in [0.2, 0.25) is 0 Å². The van der Waals surface area contributed by atoms with Gasteiger partial charge in [0.05, 0.1) is 18.1 Å². The number of amides is 2. The van der Waals surface area contributed by atoms with Crippen molar-refractivity contribution >= 4 is 17.8 Å². The first kappa shape index (κ1) is 21.4. The highest BCUT2D eigenvalue weighted by atomic mass is 16.5. The molecule has 2 aliphatic rings. The van der Waals surface area contributed by atoms with E-state index in [1.54, 1.807) is 25.7 Å². The molecule has 2 heterocycles. The van der Waals surface area contributed by atoms with E-state index in [1.165, 1.54) is 19.3 Å². The van der Waals surface area contributed by atoms with E-state index >= 15 is 0 Å². The molecule has 1 aromatic rings. The molecule has 1 aromatic heterocycles. The second kappa shape index (κ2) is 9.46. The van der Waals surface area contributed by atoms with E-state index < -0.39 is 5.97 Å². The Labute approximate surface area is 172 Å². The van der Waals surface area contributed by atoms with Crippen LogP contribution < -0.4 is 5.32 Å². The number of carbonyl (C=O) groups excluding carboxylic acids is 3. The largest absolute Gasteiger partial charge is 0.462 e. The predicted octanol–water partition coefficient (Wildman–Crippen LogP) is 3.11. The first-order valence-corrected chi connectivity index (χ1v) is 10.9. The van der Waals surface area contributed by atoms with E-state index in [2.05, 4.69) is 10.3 Å². The number of nitrogens with one attached hydrogen (secondary N) is 2. The number of hydrogen-bond acceptors (Lipinski definition) is 4. The van der Waals surface area contributed by atoms with Crippen molar-refractivity contribution in [1.82, 2.24) is 15.2 Å². The number of H-pyrrole nitrogens is 1. The molecule has 2 N–H and O–H groups in total. The van der Waals surface area contributed by atoms with Crippen LogP contribution in [0.15, 0.2) is 0 Å². The summed E-state index contributed by atoms with van der Waals surface area (Å²) in [5, 5.41) is 3.20. The predicted molar refractivity (Wildman–Crippen MR) is 110 cm³/mol. The maximum absolute atomic E-state index is 13.1. The Morgan fingerprint density at radius 2 is 1.83 bits per heavy atom. The number of hydrogen-bond donors (Lipinski definition) is 2. The molecule has 0 radical (unpaired) electrons. The van der Waals surface area contributed by atoms with E-state index in [-0.39, 0.29) is 30.4 Å². The quantitative estimate of drug-likeness (QED) is 0.739. The molecular formula is C22H33N3O4. The van der Waals surface area contributed by atoms with Crippen LogP contribution in [0.5, 0.6) is 0 Å². The number of aromatic nitrogens is 1. The zero-order chi connectivity index (χ0) is 21.0. The van der Waals surface area contributed by atoms with E-state index in [1.807, 2.05) is 0 Å². The second-order valence-electron chi connectivity index (χ2n) is 8.28. The van der Waals surface area contributed by atoms with Crippen LogP contribution in [-0.4, -0.2) is 53.4 Å². The third kappa shape index (κ3) is 4.82. The lowest BCUT2D eigenvalue weighted by atomic mass is 9.93. The molecule has 7 nitrogen and oxygen atoms in total. The summed E-state index contributed by atoms with van der Waals surface area (Å²) in [5.41, 5.74) is 2.09. The molecule has 0 aromatic carbocycles. The van der Waals surface area contributed by atoms with Crippen molar-refractivity contribution < 1.29 is 19.1 Å². The van der Waals surface area contributed by atoms with Gasteiger partial charge in [-0.05, 0) is 52.0 Å². The minimum atomic E-state index is -0.416. The Morgan fingerprint density at radius 3 is 2.52 bits per heavy atom. The molecule has 29 heavy (non-hydrogen) atoms. The number of piperidine rings is 1. The summed E-state index contributed by atoms with van der Waals surface area (Å²) in [6.45, 7) is 6.62. The van der Waals surface area contributed by atoms with Crippen LogP contribution in [0.3, 0.4) is 0 Å². The Balaban J connectivity index is 1.67. The molecule has 1 aliphatic carbocycles. The third-order valence-electron chi connectivity index (χ3n) is 6.16. The summed E-state index contributed by atoms with van der Waals surface area (Å²) in [4.78, 5) is 42.9. The molecule has 1 atom stereocenters. The molecule has 3 rings (SSSR count). The molecule has 1 saturated heterocycles. The molecule has 0 unspecified atom stereocenters. The average molecular weight is 404 g/mol. The topological polar surface area (TPSA) is 91.5 Å². The zero-order valence-electron chi connectivity index (χ0n) is 17.8. The summed E-state index contributed by atoms with van der Waals surface area (Å²) >= 11 is 0. The Hall–Kier alpha value is -2.31. The molecular weight excluding hydrogens is 370 g/mol. The van der Waals surface area contributed by atoms with Crippen LogP contribution in [0.25, 0.3) is 0 Å². The molecule has 160 valence electrons. The van der Waals surface area contributed by atoms with Crippen molar-refractivity contribution in [2.75, 3.05) is 19.7 Å². The van der Waals surface area contributed by atoms with E-state index in [0.29, 0.717) is 35.6 Å². The fourth-order valence-electron chi connectivity index (χ4n) is 4.57. The Kier molecular flexibility index (Phi) is 6.98. The number of likely N-dealkylation sites (tertiary alicyclic amines) is 1. The van der Waals surface area contributed by atoms with Gasteiger partial charge in [-0.2, -0.15) is 0 Å². The maximum atomic E-state index is 13.1. The Morgan fingerprint density at radius 1 is 1.10 bits per heavy atom. The minimum absolute atomic E-state index is 0.0704. The van der Waals surface area contributed by atoms with Crippen molar-refractivity contribution in [3.05, 3.63) is 22.5 Å². The molecule has 7 heteroatoms. The smallest absolute Gasteiger partial charge is 0.340 e. The van der Waals surface area contributed by atoms with Crippen molar-refractivity contribution in [2.24, 2.45) is 5.92 Å². The Bertz CT molecular complexity index is 764. The molecule has 2 amide bonds. The average Bonchev–Trinajstić information content (AvgIpc) is 3.02. The van der Waals surface area contributed by atoms with E-state index in [4.69, 9.17) is 4.74 Å². The van der Waals surface area contributed by atoms with Crippen LogP contribution in [0, 0.1) is 19.8 Å². The van der Waals surface area contributed by atoms with Gasteiger partial charge in [0.15, 0.2) is 0 Å². The first-order chi connectivity index (χ1) is 13.9. The van der Waals surface area contributed by atoms with Crippen molar-refractivity contribution in [3.63, 3.8) is 0 Å². The lowest BCUT2D eigenvalue weighted by Gasteiger charge is -2.33. The van der Waals surface area contributed by atoms with Gasteiger partial charge < -0.3 is 19.9 Å². The van der Waals surface area contributed by atoms with Crippen molar-refractivity contribution in [1.29, 1.82) is 0 Å². The number of esters is 1. The van der Waals surface area contributed by atoms with Gasteiger partial charge in [-0.25, -0.2) is 4.79 Å². The second-order valence-corrected chi connectivity index (χ2v) is 8.28. The summed E-state index contributed by atoms with van der Waals surface area (Å²) in [7, 11) is 0. The highest BCUT2D eigenvalue weighted by molar-refractivity contribution is 6.00. The molecule has 0 bridgehead atoms. The van der Waals surface area contributed by atoms with Gasteiger partial charge in [0.25, 0.3) is 5.91 Å². The molecule has 1 aliphatic heterocycles. The van der Waals surface area contributed by atoms with Crippen LogP contribution >= 0.6 is 0 Å². The zero-order valence-corrected chi connectivity index (χ0v) is 17.8. The molecule has 1 saturated carbocycles. The fraction of sp³-hybridized carbons (Fsp3) is 0.682.